The number of fused-ring (bicyclic) bond motifs is 1. The van der Waals surface area contributed by atoms with Crippen LogP contribution in [-0.2, 0) is 22.4 Å². The Bertz CT molecular complexity index is 875. The number of pyridine rings is 1. The summed E-state index contributed by atoms with van der Waals surface area (Å²) < 4.78 is 5.11. The number of aliphatic hydroxyl groups is 1. The maximum atomic E-state index is 12.0. The Labute approximate surface area is 147 Å². The Hall–Kier alpha value is -2.72. The molecule has 3 aromatic rings. The van der Waals surface area contributed by atoms with Gasteiger partial charge in [0.1, 0.15) is 0 Å². The highest BCUT2D eigenvalue weighted by molar-refractivity contribution is 5.98. The molecule has 0 saturated heterocycles. The molecule has 0 spiro atoms. The van der Waals surface area contributed by atoms with Crippen LogP contribution in [0.15, 0.2) is 54.7 Å². The predicted molar refractivity (Wildman–Crippen MR) is 98.3 cm³/mol. The number of hydrogen-bond acceptors (Lipinski definition) is 4. The van der Waals surface area contributed by atoms with Gasteiger partial charge in [0.05, 0.1) is 18.5 Å². The fourth-order valence-electron chi connectivity index (χ4n) is 3.09. The van der Waals surface area contributed by atoms with Gasteiger partial charge in [0.2, 0.25) is 0 Å². The molecular weight excluding hydrogens is 314 g/mol. The van der Waals surface area contributed by atoms with Gasteiger partial charge in [-0.25, -0.2) is 0 Å². The van der Waals surface area contributed by atoms with Crippen LogP contribution in [0.1, 0.15) is 18.1 Å². The standard InChI is InChI=1S/C21H21NO3/c1-2-25-19(24)13-17-14-22-21-16(11-12-23)9-6-10-18(21)20(17)15-7-4-3-5-8-15/h3-10,14,23H,2,11-13H2,1H3. The molecule has 0 aliphatic rings. The van der Waals surface area contributed by atoms with Crippen LogP contribution in [0.5, 0.6) is 0 Å². The van der Waals surface area contributed by atoms with Crippen molar-refractivity contribution in [1.29, 1.82) is 0 Å². The second-order valence-corrected chi connectivity index (χ2v) is 5.79. The van der Waals surface area contributed by atoms with E-state index in [1.54, 1.807) is 13.1 Å². The van der Waals surface area contributed by atoms with E-state index in [0.29, 0.717) is 13.0 Å². The van der Waals surface area contributed by atoms with Gasteiger partial charge >= 0.3 is 5.97 Å². The summed E-state index contributed by atoms with van der Waals surface area (Å²) in [6.45, 7) is 2.24. The van der Waals surface area contributed by atoms with Gasteiger partial charge in [-0.15, -0.1) is 0 Å². The molecule has 0 fully saturated rings. The predicted octanol–water partition coefficient (Wildman–Crippen LogP) is 3.54. The lowest BCUT2D eigenvalue weighted by Crippen LogP contribution is -2.09. The minimum Gasteiger partial charge on any atom is -0.466 e. The zero-order valence-corrected chi connectivity index (χ0v) is 14.2. The highest BCUT2D eigenvalue weighted by atomic mass is 16.5. The first-order chi connectivity index (χ1) is 12.2. The number of rotatable bonds is 6. The van der Waals surface area contributed by atoms with Crippen LogP contribution in [-0.4, -0.2) is 29.3 Å². The molecule has 4 nitrogen and oxygen atoms in total. The van der Waals surface area contributed by atoms with E-state index in [1.165, 1.54) is 0 Å². The van der Waals surface area contributed by atoms with Crippen LogP contribution in [0, 0.1) is 0 Å². The molecule has 0 unspecified atom stereocenters. The van der Waals surface area contributed by atoms with Crippen molar-refractivity contribution in [2.75, 3.05) is 13.2 Å². The van der Waals surface area contributed by atoms with Crippen molar-refractivity contribution in [1.82, 2.24) is 4.98 Å². The van der Waals surface area contributed by atoms with Crippen molar-refractivity contribution in [2.24, 2.45) is 0 Å². The molecule has 4 heteroatoms. The molecule has 0 aliphatic carbocycles. The van der Waals surface area contributed by atoms with E-state index < -0.39 is 0 Å². The van der Waals surface area contributed by atoms with E-state index in [2.05, 4.69) is 4.98 Å². The summed E-state index contributed by atoms with van der Waals surface area (Å²) in [5, 5.41) is 10.3. The largest absolute Gasteiger partial charge is 0.466 e. The zero-order valence-electron chi connectivity index (χ0n) is 14.2. The molecule has 0 atom stereocenters. The minimum atomic E-state index is -0.257. The SMILES string of the molecule is CCOC(=O)Cc1cnc2c(CCO)cccc2c1-c1ccccc1. The summed E-state index contributed by atoms with van der Waals surface area (Å²) in [6, 6.07) is 15.9. The van der Waals surface area contributed by atoms with E-state index in [1.807, 2.05) is 48.5 Å². The van der Waals surface area contributed by atoms with Crippen molar-refractivity contribution in [3.8, 4) is 11.1 Å². The smallest absolute Gasteiger partial charge is 0.310 e. The number of carbonyl (C=O) groups excluding carboxylic acids is 1. The monoisotopic (exact) mass is 335 g/mol. The second-order valence-electron chi connectivity index (χ2n) is 5.79. The summed E-state index contributed by atoms with van der Waals surface area (Å²) in [5.41, 5.74) is 4.75. The highest BCUT2D eigenvalue weighted by Gasteiger charge is 2.16. The number of esters is 1. The lowest BCUT2D eigenvalue weighted by atomic mass is 9.93. The zero-order chi connectivity index (χ0) is 17.6. The molecule has 0 saturated carbocycles. The Morgan fingerprint density at radius 2 is 1.88 bits per heavy atom. The quantitative estimate of drug-likeness (QED) is 0.700. The molecule has 1 heterocycles. The van der Waals surface area contributed by atoms with Crippen molar-refractivity contribution < 1.29 is 14.6 Å². The summed E-state index contributed by atoms with van der Waals surface area (Å²) >= 11 is 0. The third-order valence-electron chi connectivity index (χ3n) is 4.14. The summed E-state index contributed by atoms with van der Waals surface area (Å²) in [4.78, 5) is 16.6. The van der Waals surface area contributed by atoms with Gasteiger partial charge in [0.25, 0.3) is 0 Å². The summed E-state index contributed by atoms with van der Waals surface area (Å²) in [7, 11) is 0. The fraction of sp³-hybridized carbons (Fsp3) is 0.238. The molecular formula is C21H21NO3. The highest BCUT2D eigenvalue weighted by Crippen LogP contribution is 2.33. The van der Waals surface area contributed by atoms with E-state index in [4.69, 9.17) is 4.74 Å². The average Bonchev–Trinajstić information content (AvgIpc) is 2.63. The van der Waals surface area contributed by atoms with Crippen LogP contribution >= 0.6 is 0 Å². The number of aliphatic hydroxyl groups excluding tert-OH is 1. The molecule has 1 aromatic heterocycles. The van der Waals surface area contributed by atoms with Gasteiger partial charge in [-0.05, 0) is 35.6 Å². The number of para-hydroxylation sites is 1. The van der Waals surface area contributed by atoms with Crippen molar-refractivity contribution in [3.63, 3.8) is 0 Å². The van der Waals surface area contributed by atoms with Crippen molar-refractivity contribution >= 4 is 16.9 Å². The Kier molecular flexibility index (Phi) is 5.41. The number of benzene rings is 2. The number of nitrogens with zero attached hydrogens (tertiary/aromatic N) is 1. The maximum absolute atomic E-state index is 12.0. The first kappa shape index (κ1) is 17.1. The Balaban J connectivity index is 2.21. The third-order valence-corrected chi connectivity index (χ3v) is 4.14. The summed E-state index contributed by atoms with van der Waals surface area (Å²) in [6.07, 6.45) is 2.49. The van der Waals surface area contributed by atoms with Gasteiger partial charge in [-0.2, -0.15) is 0 Å². The van der Waals surface area contributed by atoms with Gasteiger partial charge in [-0.3, -0.25) is 9.78 Å². The van der Waals surface area contributed by atoms with Crippen LogP contribution < -0.4 is 0 Å². The molecule has 1 N–H and O–H groups in total. The topological polar surface area (TPSA) is 59.4 Å². The molecule has 0 bridgehead atoms. The van der Waals surface area contributed by atoms with Crippen LogP contribution in [0.4, 0.5) is 0 Å². The van der Waals surface area contributed by atoms with Gasteiger partial charge in [0, 0.05) is 18.2 Å². The molecule has 0 aliphatic heterocycles. The molecule has 0 radical (unpaired) electrons. The maximum Gasteiger partial charge on any atom is 0.310 e. The van der Waals surface area contributed by atoms with Gasteiger partial charge < -0.3 is 9.84 Å². The molecule has 2 aromatic carbocycles. The fourth-order valence-corrected chi connectivity index (χ4v) is 3.09. The van der Waals surface area contributed by atoms with Crippen LogP contribution in [0.25, 0.3) is 22.0 Å². The third kappa shape index (κ3) is 3.69. The molecule has 0 amide bonds. The van der Waals surface area contributed by atoms with Crippen molar-refractivity contribution in [3.05, 3.63) is 65.9 Å². The Morgan fingerprint density at radius 3 is 2.60 bits per heavy atom. The number of ether oxygens (including phenoxy) is 1. The first-order valence-corrected chi connectivity index (χ1v) is 8.46. The van der Waals surface area contributed by atoms with E-state index in [-0.39, 0.29) is 19.0 Å². The average molecular weight is 335 g/mol. The lowest BCUT2D eigenvalue weighted by Gasteiger charge is -2.14. The van der Waals surface area contributed by atoms with Crippen LogP contribution in [0.3, 0.4) is 0 Å². The van der Waals surface area contributed by atoms with Crippen molar-refractivity contribution in [2.45, 2.75) is 19.8 Å². The lowest BCUT2D eigenvalue weighted by molar-refractivity contribution is -0.142. The van der Waals surface area contributed by atoms with E-state index in [0.717, 1.165) is 33.2 Å². The normalized spacial score (nSPS) is 10.8. The van der Waals surface area contributed by atoms with Gasteiger partial charge in [-0.1, -0.05) is 48.5 Å². The van der Waals surface area contributed by atoms with E-state index in [9.17, 15) is 9.90 Å². The Morgan fingerprint density at radius 1 is 1.08 bits per heavy atom. The number of carbonyl (C=O) groups is 1. The number of hydrogen-bond donors (Lipinski definition) is 1. The van der Waals surface area contributed by atoms with Gasteiger partial charge in [0.15, 0.2) is 0 Å². The molecule has 128 valence electrons. The van der Waals surface area contributed by atoms with E-state index >= 15 is 0 Å². The number of aromatic nitrogens is 1. The first-order valence-electron chi connectivity index (χ1n) is 8.46. The van der Waals surface area contributed by atoms with Crippen LogP contribution in [0.2, 0.25) is 0 Å². The minimum absolute atomic E-state index is 0.0754. The summed E-state index contributed by atoms with van der Waals surface area (Å²) in [5.74, 6) is -0.257. The molecule has 25 heavy (non-hydrogen) atoms. The second kappa shape index (κ2) is 7.90. The molecule has 3 rings (SSSR count).